The number of carbonyl (C=O) groups is 3. The smallest absolute Gasteiger partial charge is 0.359 e. The van der Waals surface area contributed by atoms with Gasteiger partial charge >= 0.3 is 11.9 Å². The number of esters is 2. The molecule has 0 spiro atoms. The molecule has 0 saturated carbocycles. The number of carbonyl (C=O) groups excluding carboxylic acids is 3. The number of rotatable bonds is 11. The monoisotopic (exact) mass is 516 g/mol. The maximum atomic E-state index is 13.2. The molecule has 0 bridgehead atoms. The molecule has 2 fully saturated rings. The first kappa shape index (κ1) is 26.6. The highest BCUT2D eigenvalue weighted by Gasteiger charge is 2.66. The summed E-state index contributed by atoms with van der Waals surface area (Å²) in [6.45, 7) is 9.48. The number of nitrogens with zero attached hydrogens (tertiary/aromatic N) is 1. The van der Waals surface area contributed by atoms with Crippen molar-refractivity contribution >= 4 is 50.4 Å². The molecule has 0 aromatic heterocycles. The molecule has 1 amide bonds. The lowest BCUT2D eigenvalue weighted by Crippen LogP contribution is -2.68. The molecule has 33 heavy (non-hydrogen) atoms. The number of β-lactam (4-membered cyclic amide) rings is 1. The molecule has 0 unspecified atom stereocenters. The molecule has 185 valence electrons. The van der Waals surface area contributed by atoms with E-state index in [0.717, 1.165) is 22.7 Å². The Balaban J connectivity index is 1.74. The van der Waals surface area contributed by atoms with Crippen LogP contribution in [-0.2, 0) is 28.6 Å². The van der Waals surface area contributed by atoms with Gasteiger partial charge in [0.15, 0.2) is 5.70 Å². The second-order valence-corrected chi connectivity index (χ2v) is 13.4. The molecular weight excluding hydrogens is 482 g/mol. The van der Waals surface area contributed by atoms with Crippen LogP contribution in [0.2, 0.25) is 12.1 Å². The summed E-state index contributed by atoms with van der Waals surface area (Å²) in [6.07, 6.45) is 1.90. The molecule has 0 aliphatic carbocycles. The van der Waals surface area contributed by atoms with Crippen LogP contribution < -0.4 is 0 Å². The minimum Gasteiger partial charge on any atom is -0.431 e. The second kappa shape index (κ2) is 11.2. The van der Waals surface area contributed by atoms with Crippen LogP contribution in [0.1, 0.15) is 53.9 Å². The van der Waals surface area contributed by atoms with Crippen LogP contribution in [0.5, 0.6) is 0 Å². The van der Waals surface area contributed by atoms with Gasteiger partial charge in [0.2, 0.25) is 21.7 Å². The van der Waals surface area contributed by atoms with E-state index in [4.69, 9.17) is 14.2 Å². The van der Waals surface area contributed by atoms with Gasteiger partial charge in [-0.1, -0.05) is 25.6 Å². The number of hydrogen-bond acceptors (Lipinski definition) is 9. The summed E-state index contributed by atoms with van der Waals surface area (Å²) in [4.78, 5) is 49.9. The fourth-order valence-corrected chi connectivity index (χ4v) is 10.2. The molecule has 4 atom stereocenters. The van der Waals surface area contributed by atoms with Gasteiger partial charge in [-0.15, -0.1) is 11.8 Å². The first-order chi connectivity index (χ1) is 15.7. The maximum Gasteiger partial charge on any atom is 0.359 e. The third-order valence-corrected chi connectivity index (χ3v) is 11.9. The zero-order chi connectivity index (χ0) is 24.3. The molecule has 3 aliphatic rings. The quantitative estimate of drug-likeness (QED) is 0.191. The highest BCUT2D eigenvalue weighted by Crippen LogP contribution is 2.60. The Morgan fingerprint density at radius 1 is 1.30 bits per heavy atom. The summed E-state index contributed by atoms with van der Waals surface area (Å²) in [7, 11) is -1.31. The van der Waals surface area contributed by atoms with Gasteiger partial charge in [-0.3, -0.25) is 14.5 Å². The van der Waals surface area contributed by atoms with Crippen LogP contribution >= 0.6 is 23.5 Å². The SMILES string of the molecule is CCO[C@H](C)[C@@]1(C)C(=O)N2C(C(=O)OCOC(=O)C(CC)CC)=C(S[C@H]3CC[Si](O)C3)S[C@@H]21. The lowest BCUT2D eigenvalue weighted by molar-refractivity contribution is -0.179. The van der Waals surface area contributed by atoms with Gasteiger partial charge in [0.1, 0.15) is 10.8 Å². The summed E-state index contributed by atoms with van der Waals surface area (Å²) < 4.78 is 16.9. The fourth-order valence-electron chi connectivity index (χ4n) is 4.38. The van der Waals surface area contributed by atoms with E-state index in [0.29, 0.717) is 19.4 Å². The largest absolute Gasteiger partial charge is 0.431 e. The molecule has 3 rings (SSSR count). The van der Waals surface area contributed by atoms with Crippen LogP contribution in [0, 0.1) is 11.3 Å². The Labute approximate surface area is 205 Å². The standard InChI is InChI=1S/C22H34NO7S2Si/c1-6-14(7-2)17(24)29-12-30-18(25)16-19(31-15-9-10-33(27)11-15)32-21-22(5,13(4)28-8-3)20(26)23(16)21/h13-15,21,27H,6-12H2,1-5H3/t13-,15+,21-,22+/m1/s1. The summed E-state index contributed by atoms with van der Waals surface area (Å²) >= 11 is 3.04. The topological polar surface area (TPSA) is 102 Å². The van der Waals surface area contributed by atoms with Crippen molar-refractivity contribution in [1.29, 1.82) is 0 Å². The first-order valence-corrected chi connectivity index (χ1v) is 15.2. The number of ether oxygens (including phenoxy) is 3. The van der Waals surface area contributed by atoms with Crippen LogP contribution in [0.15, 0.2) is 9.93 Å². The van der Waals surface area contributed by atoms with Crippen molar-refractivity contribution in [3.63, 3.8) is 0 Å². The second-order valence-electron chi connectivity index (χ2n) is 8.74. The predicted octanol–water partition coefficient (Wildman–Crippen LogP) is 3.47. The van der Waals surface area contributed by atoms with Gasteiger partial charge in [-0.05, 0) is 52.1 Å². The number of fused-ring (bicyclic) bond motifs is 1. The molecule has 0 aromatic carbocycles. The average Bonchev–Trinajstić information content (AvgIpc) is 3.36. The lowest BCUT2D eigenvalue weighted by Gasteiger charge is -2.53. The normalized spacial score (nSPS) is 28.2. The Hall–Kier alpha value is -1.01. The highest BCUT2D eigenvalue weighted by atomic mass is 32.2. The van der Waals surface area contributed by atoms with Crippen molar-refractivity contribution in [2.75, 3.05) is 13.4 Å². The van der Waals surface area contributed by atoms with Gasteiger partial charge in [0, 0.05) is 11.9 Å². The summed E-state index contributed by atoms with van der Waals surface area (Å²) in [5, 5.41) is -0.0460. The fraction of sp³-hybridized carbons (Fsp3) is 0.773. The number of hydrogen-bond donors (Lipinski definition) is 1. The Kier molecular flexibility index (Phi) is 8.99. The zero-order valence-electron chi connectivity index (χ0n) is 19.9. The van der Waals surface area contributed by atoms with E-state index in [1.165, 1.54) is 16.7 Å². The van der Waals surface area contributed by atoms with Crippen LogP contribution in [0.25, 0.3) is 0 Å². The van der Waals surface area contributed by atoms with Crippen molar-refractivity contribution < 1.29 is 33.4 Å². The van der Waals surface area contributed by atoms with Crippen LogP contribution in [0.3, 0.4) is 0 Å². The van der Waals surface area contributed by atoms with Crippen molar-refractivity contribution in [1.82, 2.24) is 4.90 Å². The molecule has 2 saturated heterocycles. The average molecular weight is 517 g/mol. The lowest BCUT2D eigenvalue weighted by atomic mass is 9.75. The van der Waals surface area contributed by atoms with Gasteiger partial charge < -0.3 is 19.0 Å². The minimum absolute atomic E-state index is 0.171. The summed E-state index contributed by atoms with van der Waals surface area (Å²) in [6, 6.07) is 1.58. The molecule has 3 aliphatic heterocycles. The molecule has 8 nitrogen and oxygen atoms in total. The summed E-state index contributed by atoms with van der Waals surface area (Å²) in [5.41, 5.74) is -0.531. The van der Waals surface area contributed by atoms with E-state index in [1.807, 2.05) is 34.6 Å². The summed E-state index contributed by atoms with van der Waals surface area (Å²) in [5.74, 6) is -1.46. The number of thioether (sulfide) groups is 2. The van der Waals surface area contributed by atoms with Gasteiger partial charge in [0.25, 0.3) is 0 Å². The van der Waals surface area contributed by atoms with Crippen LogP contribution in [-0.4, -0.2) is 66.7 Å². The zero-order valence-corrected chi connectivity index (χ0v) is 22.6. The maximum absolute atomic E-state index is 13.2. The Morgan fingerprint density at radius 2 is 2.00 bits per heavy atom. The van der Waals surface area contributed by atoms with E-state index in [2.05, 4.69) is 0 Å². The van der Waals surface area contributed by atoms with Crippen molar-refractivity contribution in [3.05, 3.63) is 9.93 Å². The van der Waals surface area contributed by atoms with E-state index in [1.54, 1.807) is 11.8 Å². The third kappa shape index (κ3) is 5.17. The molecule has 11 heteroatoms. The van der Waals surface area contributed by atoms with E-state index < -0.39 is 33.2 Å². The number of amides is 1. The first-order valence-electron chi connectivity index (χ1n) is 11.6. The van der Waals surface area contributed by atoms with E-state index in [9.17, 15) is 19.2 Å². The Bertz CT molecular complexity index is 806. The van der Waals surface area contributed by atoms with Gasteiger partial charge in [0.05, 0.1) is 16.3 Å². The van der Waals surface area contributed by atoms with Crippen molar-refractivity contribution in [3.8, 4) is 0 Å². The Morgan fingerprint density at radius 3 is 2.58 bits per heavy atom. The molecule has 0 aromatic rings. The van der Waals surface area contributed by atoms with Crippen LogP contribution in [0.4, 0.5) is 0 Å². The van der Waals surface area contributed by atoms with Crippen molar-refractivity contribution in [2.24, 2.45) is 11.3 Å². The van der Waals surface area contributed by atoms with Gasteiger partial charge in [-0.25, -0.2) is 4.79 Å². The van der Waals surface area contributed by atoms with E-state index >= 15 is 0 Å². The van der Waals surface area contributed by atoms with Crippen molar-refractivity contribution in [2.45, 2.75) is 82.7 Å². The molecular formula is C22H34NO7S2Si. The molecule has 1 radical (unpaired) electrons. The van der Waals surface area contributed by atoms with E-state index in [-0.39, 0.29) is 34.2 Å². The molecule has 3 heterocycles. The van der Waals surface area contributed by atoms with Gasteiger partial charge in [-0.2, -0.15) is 0 Å². The highest BCUT2D eigenvalue weighted by molar-refractivity contribution is 8.23. The minimum atomic E-state index is -1.31. The predicted molar refractivity (Wildman–Crippen MR) is 129 cm³/mol. The third-order valence-electron chi connectivity index (χ3n) is 6.74. The molecule has 1 N–H and O–H groups in total.